The number of alkyl halides is 2. The molecule has 0 fully saturated rings. The van der Waals surface area contributed by atoms with Gasteiger partial charge in [0.1, 0.15) is 11.3 Å². The second-order valence-electron chi connectivity index (χ2n) is 4.25. The van der Waals surface area contributed by atoms with Gasteiger partial charge in [-0.1, -0.05) is 0 Å². The van der Waals surface area contributed by atoms with Gasteiger partial charge in [-0.25, -0.2) is 4.98 Å². The van der Waals surface area contributed by atoms with Crippen LogP contribution in [0.5, 0.6) is 5.75 Å². The second kappa shape index (κ2) is 5.53. The lowest BCUT2D eigenvalue weighted by Crippen LogP contribution is -2.02. The third-order valence-corrected chi connectivity index (χ3v) is 3.69. The first-order valence-corrected chi connectivity index (χ1v) is 6.95. The number of aromatic nitrogens is 1. The molecule has 0 atom stereocenters. The van der Waals surface area contributed by atoms with Crippen molar-refractivity contribution in [1.29, 1.82) is 0 Å². The van der Waals surface area contributed by atoms with Crippen molar-refractivity contribution in [2.45, 2.75) is 6.61 Å². The summed E-state index contributed by atoms with van der Waals surface area (Å²) < 4.78 is 29.5. The molecule has 0 spiro atoms. The van der Waals surface area contributed by atoms with Crippen molar-refractivity contribution in [2.24, 2.45) is 0 Å². The number of nitrogens with one attached hydrogen (secondary N) is 1. The molecular formula is C14H11F2N3OS. The number of thiazole rings is 1. The van der Waals surface area contributed by atoms with E-state index in [-0.39, 0.29) is 5.75 Å². The van der Waals surface area contributed by atoms with Crippen LogP contribution in [-0.4, -0.2) is 11.6 Å². The maximum absolute atomic E-state index is 12.1. The van der Waals surface area contributed by atoms with E-state index in [4.69, 9.17) is 5.73 Å². The number of nitrogens with two attached hydrogens (primary N) is 1. The number of nitrogens with zero attached hydrogens (tertiary/aromatic N) is 1. The predicted molar refractivity (Wildman–Crippen MR) is 80.4 cm³/mol. The van der Waals surface area contributed by atoms with Crippen molar-refractivity contribution in [1.82, 2.24) is 4.98 Å². The largest absolute Gasteiger partial charge is 0.435 e. The van der Waals surface area contributed by atoms with Crippen LogP contribution < -0.4 is 15.8 Å². The normalized spacial score (nSPS) is 11.0. The van der Waals surface area contributed by atoms with Crippen molar-refractivity contribution in [3.63, 3.8) is 0 Å². The molecule has 0 aliphatic carbocycles. The molecule has 3 rings (SSSR count). The smallest absolute Gasteiger partial charge is 0.387 e. The molecule has 0 bridgehead atoms. The number of nitrogen functional groups attached to an aromatic ring is 1. The third-order valence-electron chi connectivity index (χ3n) is 2.90. The molecule has 3 aromatic rings. The number of hydrogen-bond acceptors (Lipinski definition) is 5. The minimum absolute atomic E-state index is 0.110. The van der Waals surface area contributed by atoms with E-state index in [0.29, 0.717) is 5.69 Å². The summed E-state index contributed by atoms with van der Waals surface area (Å²) in [5, 5.41) is 3.13. The van der Waals surface area contributed by atoms with Crippen LogP contribution in [0.1, 0.15) is 0 Å². The van der Waals surface area contributed by atoms with Crippen molar-refractivity contribution in [3.05, 3.63) is 41.9 Å². The van der Waals surface area contributed by atoms with Crippen LogP contribution in [0.25, 0.3) is 10.2 Å². The van der Waals surface area contributed by atoms with Crippen LogP contribution in [-0.2, 0) is 0 Å². The Kier molecular flexibility index (Phi) is 3.57. The van der Waals surface area contributed by atoms with Gasteiger partial charge in [-0.2, -0.15) is 8.78 Å². The molecule has 1 aromatic heterocycles. The summed E-state index contributed by atoms with van der Waals surface area (Å²) in [6, 6.07) is 10.0. The Morgan fingerprint density at radius 3 is 2.62 bits per heavy atom. The van der Waals surface area contributed by atoms with Gasteiger partial charge in [-0.3, -0.25) is 0 Å². The highest BCUT2D eigenvalue weighted by atomic mass is 32.1. The van der Waals surface area contributed by atoms with Gasteiger partial charge in [0.05, 0.1) is 21.6 Å². The molecule has 2 aromatic carbocycles. The fourth-order valence-electron chi connectivity index (χ4n) is 1.94. The highest BCUT2D eigenvalue weighted by Crippen LogP contribution is 2.32. The first-order valence-electron chi connectivity index (χ1n) is 6.07. The lowest BCUT2D eigenvalue weighted by atomic mass is 10.2. The molecule has 1 heterocycles. The lowest BCUT2D eigenvalue weighted by molar-refractivity contribution is -0.0498. The molecule has 21 heavy (non-hydrogen) atoms. The summed E-state index contributed by atoms with van der Waals surface area (Å²) in [6.45, 7) is -2.83. The van der Waals surface area contributed by atoms with Crippen molar-refractivity contribution < 1.29 is 13.5 Å². The van der Waals surface area contributed by atoms with Crippen LogP contribution in [0.3, 0.4) is 0 Å². The molecule has 3 N–H and O–H groups in total. The first kappa shape index (κ1) is 13.6. The molecule has 0 radical (unpaired) electrons. The van der Waals surface area contributed by atoms with Gasteiger partial charge in [0.15, 0.2) is 0 Å². The minimum atomic E-state index is -2.83. The zero-order valence-corrected chi connectivity index (χ0v) is 11.5. The molecule has 0 aliphatic rings. The molecule has 7 heteroatoms. The Bertz CT molecular complexity index is 759. The van der Waals surface area contributed by atoms with Gasteiger partial charge in [-0.05, 0) is 36.4 Å². The van der Waals surface area contributed by atoms with E-state index in [1.807, 2.05) is 12.1 Å². The van der Waals surface area contributed by atoms with Crippen LogP contribution >= 0.6 is 11.3 Å². The highest BCUT2D eigenvalue weighted by Gasteiger charge is 2.08. The van der Waals surface area contributed by atoms with Gasteiger partial charge in [-0.15, -0.1) is 11.3 Å². The van der Waals surface area contributed by atoms with Gasteiger partial charge in [0, 0.05) is 5.69 Å². The van der Waals surface area contributed by atoms with Gasteiger partial charge in [0.25, 0.3) is 0 Å². The van der Waals surface area contributed by atoms with Crippen LogP contribution in [0, 0.1) is 0 Å². The van der Waals surface area contributed by atoms with E-state index in [9.17, 15) is 8.78 Å². The lowest BCUT2D eigenvalue weighted by Gasteiger charge is -2.10. The van der Waals surface area contributed by atoms with E-state index in [1.54, 1.807) is 17.6 Å². The highest BCUT2D eigenvalue weighted by molar-refractivity contribution is 7.16. The number of fused-ring (bicyclic) bond motifs is 1. The quantitative estimate of drug-likeness (QED) is 0.708. The van der Waals surface area contributed by atoms with Gasteiger partial charge >= 0.3 is 6.61 Å². The Labute approximate surface area is 123 Å². The maximum atomic E-state index is 12.1. The third kappa shape index (κ3) is 2.87. The van der Waals surface area contributed by atoms with E-state index in [1.165, 1.54) is 23.5 Å². The van der Waals surface area contributed by atoms with E-state index in [0.717, 1.165) is 21.6 Å². The number of rotatable bonds is 4. The summed E-state index contributed by atoms with van der Waals surface area (Å²) in [7, 11) is 0. The predicted octanol–water partition coefficient (Wildman–Crippen LogP) is 4.22. The number of hydrogen-bond donors (Lipinski definition) is 2. The Morgan fingerprint density at radius 2 is 1.90 bits per heavy atom. The average Bonchev–Trinajstić information content (AvgIpc) is 2.93. The summed E-state index contributed by atoms with van der Waals surface area (Å²) in [4.78, 5) is 4.22. The molecule has 0 saturated heterocycles. The fraction of sp³-hybridized carbons (Fsp3) is 0.0714. The number of ether oxygens (including phenoxy) is 1. The zero-order valence-electron chi connectivity index (χ0n) is 10.7. The van der Waals surface area contributed by atoms with E-state index in [2.05, 4.69) is 15.0 Å². The number of benzene rings is 2. The molecular weight excluding hydrogens is 296 g/mol. The molecule has 4 nitrogen and oxygen atoms in total. The average molecular weight is 307 g/mol. The first-order chi connectivity index (χ1) is 10.1. The van der Waals surface area contributed by atoms with Gasteiger partial charge in [0.2, 0.25) is 0 Å². The Hall–Kier alpha value is -2.41. The van der Waals surface area contributed by atoms with Crippen molar-refractivity contribution >= 4 is 38.6 Å². The summed E-state index contributed by atoms with van der Waals surface area (Å²) >= 11 is 1.52. The van der Waals surface area contributed by atoms with Crippen LogP contribution in [0.4, 0.5) is 25.8 Å². The second-order valence-corrected chi connectivity index (χ2v) is 5.14. The topological polar surface area (TPSA) is 60.2 Å². The fourth-order valence-corrected chi connectivity index (χ4v) is 2.63. The number of anilines is 3. The summed E-state index contributed by atoms with van der Waals surface area (Å²) in [5.74, 6) is 0.110. The molecule has 108 valence electrons. The van der Waals surface area contributed by atoms with Gasteiger partial charge < -0.3 is 15.8 Å². The monoisotopic (exact) mass is 307 g/mol. The Balaban J connectivity index is 1.83. The van der Waals surface area contributed by atoms with Crippen molar-refractivity contribution in [2.75, 3.05) is 11.1 Å². The molecule has 0 saturated carbocycles. The van der Waals surface area contributed by atoms with E-state index < -0.39 is 6.61 Å². The van der Waals surface area contributed by atoms with Crippen molar-refractivity contribution in [3.8, 4) is 5.75 Å². The number of halogens is 2. The summed E-state index contributed by atoms with van der Waals surface area (Å²) in [5.41, 5.74) is 10.6. The summed E-state index contributed by atoms with van der Waals surface area (Å²) in [6.07, 6.45) is 0. The molecule has 0 aliphatic heterocycles. The molecule has 0 amide bonds. The Morgan fingerprint density at radius 1 is 1.14 bits per heavy atom. The standard InChI is InChI=1S/C14H11F2N3OS/c15-14(16)20-9-3-1-8(2-4-9)19-10-5-6-11-13(12(10)17)18-7-21-11/h1-7,14,19H,17H2. The van der Waals surface area contributed by atoms with E-state index >= 15 is 0 Å². The van der Waals surface area contributed by atoms with Crippen LogP contribution in [0.2, 0.25) is 0 Å². The molecule has 0 unspecified atom stereocenters. The SMILES string of the molecule is Nc1c(Nc2ccc(OC(F)F)cc2)ccc2scnc12. The minimum Gasteiger partial charge on any atom is -0.435 e. The van der Waals surface area contributed by atoms with Crippen LogP contribution in [0.15, 0.2) is 41.9 Å². The zero-order chi connectivity index (χ0) is 14.8. The maximum Gasteiger partial charge on any atom is 0.387 e.